The fourth-order valence-corrected chi connectivity index (χ4v) is 11.0. The van der Waals surface area contributed by atoms with Gasteiger partial charge in [0.05, 0.1) is 22.4 Å². The molecule has 4 fully saturated rings. The van der Waals surface area contributed by atoms with Crippen LogP contribution in [0.25, 0.3) is 38.6 Å². The predicted molar refractivity (Wildman–Crippen MR) is 251 cm³/mol. The first-order valence-corrected chi connectivity index (χ1v) is 23.6. The number of hydrogen-bond donors (Lipinski definition) is 3. The first-order chi connectivity index (χ1) is 32.3. The zero-order valence-electron chi connectivity index (χ0n) is 37.9. The summed E-state index contributed by atoms with van der Waals surface area (Å²) in [6.45, 7) is 10.5. The smallest absolute Gasteiger partial charge is 0.332 e. The predicted octanol–water partition coefficient (Wildman–Crippen LogP) is 6.55. The summed E-state index contributed by atoms with van der Waals surface area (Å²) in [7, 11) is 0. The zero-order valence-corrected chi connectivity index (χ0v) is 37.9. The van der Waals surface area contributed by atoms with Gasteiger partial charge in [-0.3, -0.25) is 24.2 Å². The molecule has 0 bridgehead atoms. The number of phenolic OH excluding ortho intramolecular Hbond substituents is 1. The quantitative estimate of drug-likeness (QED) is 0.136. The summed E-state index contributed by atoms with van der Waals surface area (Å²) in [6.07, 6.45) is 9.05. The van der Waals surface area contributed by atoms with E-state index in [-0.39, 0.29) is 41.2 Å². The summed E-state index contributed by atoms with van der Waals surface area (Å²) in [5, 5.41) is 23.2. The number of piperidine rings is 3. The number of β-amino-alcohol motifs (C(OH)–C–C–N with tert-alkyl or cyclic N) is 1. The van der Waals surface area contributed by atoms with Gasteiger partial charge < -0.3 is 29.6 Å². The Bertz CT molecular complexity index is 2950. The Balaban J connectivity index is 0.795. The van der Waals surface area contributed by atoms with Gasteiger partial charge in [-0.15, -0.1) is 0 Å². The van der Waals surface area contributed by atoms with Gasteiger partial charge in [-0.05, 0) is 124 Å². The number of H-pyrrole nitrogens is 1. The number of rotatable bonds is 10. The largest absolute Gasteiger partial charge is 0.508 e. The van der Waals surface area contributed by atoms with Gasteiger partial charge in [0.25, 0.3) is 5.56 Å². The highest BCUT2D eigenvalue weighted by atomic mass is 19.1. The number of aliphatic hydroxyl groups is 1. The van der Waals surface area contributed by atoms with Crippen molar-refractivity contribution in [1.29, 1.82) is 0 Å². The van der Waals surface area contributed by atoms with Gasteiger partial charge in [0.15, 0.2) is 5.82 Å². The number of anilines is 2. The number of aromatic nitrogens is 5. The van der Waals surface area contributed by atoms with E-state index in [4.69, 9.17) is 9.72 Å². The molecule has 0 saturated carbocycles. The van der Waals surface area contributed by atoms with Crippen LogP contribution in [0.3, 0.4) is 0 Å². The molecule has 1 unspecified atom stereocenters. The van der Waals surface area contributed by atoms with Gasteiger partial charge in [-0.2, -0.15) is 9.97 Å². The lowest BCUT2D eigenvalue weighted by molar-refractivity contribution is 0.0447. The maximum Gasteiger partial charge on any atom is 0.332 e. The molecule has 7 heterocycles. The number of aromatic hydroxyl groups is 1. The van der Waals surface area contributed by atoms with Crippen LogP contribution in [0, 0.1) is 23.4 Å². The van der Waals surface area contributed by atoms with Crippen molar-refractivity contribution in [2.75, 3.05) is 68.7 Å². The molecular formula is C50H56F3N9O5. The number of nitrogens with zero attached hydrogens (tertiary/aromatic N) is 8. The lowest BCUT2D eigenvalue weighted by Gasteiger charge is -2.40. The van der Waals surface area contributed by atoms with Crippen LogP contribution in [-0.2, 0) is 6.42 Å². The highest BCUT2D eigenvalue weighted by molar-refractivity contribution is 6.01. The molecule has 3 aromatic heterocycles. The highest BCUT2D eigenvalue weighted by Crippen LogP contribution is 2.40. The monoisotopic (exact) mass is 919 g/mol. The summed E-state index contributed by atoms with van der Waals surface area (Å²) < 4.78 is 55.3. The van der Waals surface area contributed by atoms with Crippen molar-refractivity contribution in [2.45, 2.75) is 83.0 Å². The number of aromatic amines is 1. The zero-order chi connectivity index (χ0) is 46.6. The third kappa shape index (κ3) is 9.08. The Labute approximate surface area is 385 Å². The first kappa shape index (κ1) is 44.8. The number of ether oxygens (including phenoxy) is 1. The number of phenols is 1. The van der Waals surface area contributed by atoms with E-state index in [1.807, 2.05) is 11.8 Å². The number of nitrogens with one attached hydrogen (secondary N) is 1. The molecule has 17 heteroatoms. The second-order valence-electron chi connectivity index (χ2n) is 19.1. The minimum Gasteiger partial charge on any atom is -0.508 e. The normalized spacial score (nSPS) is 21.5. The van der Waals surface area contributed by atoms with Crippen molar-refractivity contribution in [3.8, 4) is 28.7 Å². The van der Waals surface area contributed by atoms with E-state index in [1.54, 1.807) is 25.1 Å². The number of halogens is 3. The molecule has 4 aliphatic heterocycles. The Morgan fingerprint density at radius 2 is 1.70 bits per heavy atom. The molecule has 0 radical (unpaired) electrons. The first-order valence-electron chi connectivity index (χ1n) is 23.6. The van der Waals surface area contributed by atoms with E-state index >= 15 is 13.2 Å². The van der Waals surface area contributed by atoms with Crippen LogP contribution >= 0.6 is 0 Å². The van der Waals surface area contributed by atoms with E-state index < -0.39 is 34.3 Å². The van der Waals surface area contributed by atoms with Gasteiger partial charge in [-0.25, -0.2) is 18.0 Å². The van der Waals surface area contributed by atoms with E-state index in [0.717, 1.165) is 71.4 Å². The second kappa shape index (κ2) is 18.2. The molecular weight excluding hydrogens is 864 g/mol. The molecule has 0 amide bonds. The Hall–Kier alpha value is -6.04. The molecule has 67 heavy (non-hydrogen) atoms. The maximum atomic E-state index is 17.1. The van der Waals surface area contributed by atoms with Crippen LogP contribution in [0.2, 0.25) is 0 Å². The number of hydrogen-bond acceptors (Lipinski definition) is 12. The van der Waals surface area contributed by atoms with Crippen LogP contribution in [0.1, 0.15) is 64.4 Å². The number of pyridine rings is 1. The fraction of sp³-hybridized carbons (Fsp3) is 0.460. The lowest BCUT2D eigenvalue weighted by atomic mass is 9.94. The van der Waals surface area contributed by atoms with Crippen molar-refractivity contribution < 1.29 is 28.1 Å². The standard InChI is InChI=1S/C50H56F3N9O5/c1-3-36-39(51)7-5-31-23-34(63)25-37(43(31)36)45-44(53)46-38(26-54-45)47(61-16-4-15-50(2,66)29-61)57-48(56-46)67-35-13-21-60(28-35)32-11-17-58(18-12-32)27-30-9-19-59(20-10-30)41-8-6-33(24-40(41)52)62-22-14-42(64)55-49(62)65/h5-8,14,22-26,30,32,35,63,66H,3-4,9-13,15-21,27-29H2,1-2H3,(H,55,64,65)/t35?,50-/m1/s1. The third-order valence-corrected chi connectivity index (χ3v) is 14.4. The number of fused-ring (bicyclic) bond motifs is 2. The molecule has 4 aliphatic rings. The summed E-state index contributed by atoms with van der Waals surface area (Å²) in [5.74, 6) is -0.719. The Morgan fingerprint density at radius 3 is 2.45 bits per heavy atom. The summed E-state index contributed by atoms with van der Waals surface area (Å²) in [5.41, 5.74) is -0.635. The minimum absolute atomic E-state index is 0.00172. The third-order valence-electron chi connectivity index (χ3n) is 14.4. The number of likely N-dealkylation sites (tertiary alicyclic amines) is 2. The summed E-state index contributed by atoms with van der Waals surface area (Å²) in [4.78, 5) is 49.1. The van der Waals surface area contributed by atoms with Gasteiger partial charge in [0, 0.05) is 81.9 Å². The van der Waals surface area contributed by atoms with E-state index in [2.05, 4.69) is 29.7 Å². The average Bonchev–Trinajstić information content (AvgIpc) is 3.77. The fourth-order valence-electron chi connectivity index (χ4n) is 11.0. The molecule has 3 aromatic carbocycles. The second-order valence-corrected chi connectivity index (χ2v) is 19.1. The van der Waals surface area contributed by atoms with Crippen LogP contribution in [-0.4, -0.2) is 121 Å². The summed E-state index contributed by atoms with van der Waals surface area (Å²) in [6, 6.07) is 12.3. The minimum atomic E-state index is -0.975. The molecule has 3 N–H and O–H groups in total. The topological polar surface area (TPSA) is 156 Å². The van der Waals surface area contributed by atoms with Gasteiger partial charge in [-0.1, -0.05) is 13.0 Å². The molecule has 10 rings (SSSR count). The van der Waals surface area contributed by atoms with E-state index in [9.17, 15) is 19.8 Å². The van der Waals surface area contributed by atoms with Crippen molar-refractivity contribution >= 4 is 33.2 Å². The van der Waals surface area contributed by atoms with Gasteiger partial charge >= 0.3 is 11.7 Å². The van der Waals surface area contributed by atoms with Crippen molar-refractivity contribution in [3.63, 3.8) is 0 Å². The molecule has 0 aliphatic carbocycles. The van der Waals surface area contributed by atoms with Crippen molar-refractivity contribution in [3.05, 3.63) is 105 Å². The molecule has 6 aromatic rings. The van der Waals surface area contributed by atoms with Crippen LogP contribution in [0.5, 0.6) is 11.8 Å². The number of benzene rings is 3. The van der Waals surface area contributed by atoms with Gasteiger partial charge in [0.1, 0.15) is 40.5 Å². The van der Waals surface area contributed by atoms with Gasteiger partial charge in [0.2, 0.25) is 0 Å². The van der Waals surface area contributed by atoms with E-state index in [0.29, 0.717) is 83.2 Å². The Kier molecular flexibility index (Phi) is 12.2. The highest BCUT2D eigenvalue weighted by Gasteiger charge is 2.35. The van der Waals surface area contributed by atoms with Crippen LogP contribution in [0.4, 0.5) is 24.7 Å². The molecule has 4 saturated heterocycles. The SMILES string of the molecule is CCc1c(F)ccc2cc(O)cc(-c3ncc4c(N5CCC[C@@](C)(O)C5)nc(OC5CCN(C6CCN(CC7CCN(c8ccc(-n9ccc(=O)[nH]c9=O)cc8F)CC7)CC6)C5)nc4c3F)c12. The maximum absolute atomic E-state index is 17.1. The Morgan fingerprint density at radius 1 is 0.896 bits per heavy atom. The molecule has 2 atom stereocenters. The van der Waals surface area contributed by atoms with Crippen LogP contribution < -0.4 is 25.8 Å². The molecule has 352 valence electrons. The lowest BCUT2D eigenvalue weighted by Crippen LogP contribution is -2.47. The van der Waals surface area contributed by atoms with E-state index in [1.165, 1.54) is 47.3 Å². The van der Waals surface area contributed by atoms with Crippen molar-refractivity contribution in [2.24, 2.45) is 5.92 Å². The van der Waals surface area contributed by atoms with Crippen LogP contribution in [0.15, 0.2) is 70.5 Å². The molecule has 0 spiro atoms. The number of aryl methyl sites for hydroxylation is 1. The molecule has 14 nitrogen and oxygen atoms in total. The average molecular weight is 920 g/mol. The van der Waals surface area contributed by atoms with Crippen molar-refractivity contribution in [1.82, 2.24) is 34.3 Å². The summed E-state index contributed by atoms with van der Waals surface area (Å²) >= 11 is 0.